The molecule has 0 saturated carbocycles. The number of fused-ring (bicyclic) bond motifs is 1. The van der Waals surface area contributed by atoms with Gasteiger partial charge in [0.1, 0.15) is 0 Å². The molecule has 0 amide bonds. The van der Waals surface area contributed by atoms with Crippen LogP contribution in [0.3, 0.4) is 0 Å². The lowest BCUT2D eigenvalue weighted by Gasteiger charge is -2.23. The van der Waals surface area contributed by atoms with Crippen molar-refractivity contribution in [3.8, 4) is 0 Å². The van der Waals surface area contributed by atoms with Gasteiger partial charge in [-0.25, -0.2) is 4.79 Å². The monoisotopic (exact) mass is 231 g/mol. The Morgan fingerprint density at radius 1 is 1.29 bits per heavy atom. The fourth-order valence-electron chi connectivity index (χ4n) is 2.66. The lowest BCUT2D eigenvalue weighted by atomic mass is 10.1. The quantitative estimate of drug-likeness (QED) is 0.782. The number of hydrogen-bond donors (Lipinski definition) is 2. The van der Waals surface area contributed by atoms with Crippen molar-refractivity contribution in [2.75, 3.05) is 13.1 Å². The van der Waals surface area contributed by atoms with Gasteiger partial charge in [-0.05, 0) is 50.6 Å². The highest BCUT2D eigenvalue weighted by Gasteiger charge is 2.19. The summed E-state index contributed by atoms with van der Waals surface area (Å²) in [4.78, 5) is 15.0. The Morgan fingerprint density at radius 3 is 2.82 bits per heavy atom. The first-order valence-corrected chi connectivity index (χ1v) is 6.17. The number of aryl methyl sites for hydroxylation is 1. The van der Waals surface area contributed by atoms with Crippen LogP contribution in [0.2, 0.25) is 0 Å². The van der Waals surface area contributed by atoms with Crippen LogP contribution in [0.4, 0.5) is 0 Å². The van der Waals surface area contributed by atoms with Crippen LogP contribution >= 0.6 is 0 Å². The van der Waals surface area contributed by atoms with Crippen molar-refractivity contribution >= 4 is 11.0 Å². The molecule has 0 atom stereocenters. The van der Waals surface area contributed by atoms with Crippen LogP contribution in [0, 0.1) is 6.92 Å². The van der Waals surface area contributed by atoms with Crippen LogP contribution in [0.15, 0.2) is 23.0 Å². The molecule has 1 fully saturated rings. The molecule has 2 N–H and O–H groups in total. The number of rotatable bonds is 1. The number of aromatic nitrogens is 2. The fraction of sp³-hybridized carbons (Fsp3) is 0.462. The Kier molecular flexibility index (Phi) is 2.52. The standard InChI is InChI=1S/C13H17N3O/c1-9-2-3-11-12(8-9)16(13(17)15-11)10-4-6-14-7-5-10/h2-3,8,10,14H,4-7H2,1H3,(H,15,17). The number of aromatic amines is 1. The normalized spacial score (nSPS) is 17.7. The summed E-state index contributed by atoms with van der Waals surface area (Å²) in [6, 6.07) is 6.45. The van der Waals surface area contributed by atoms with E-state index in [1.165, 1.54) is 5.56 Å². The SMILES string of the molecule is Cc1ccc2[nH]c(=O)n(C3CCNCC3)c2c1. The molecule has 0 radical (unpaired) electrons. The minimum absolute atomic E-state index is 0.0255. The van der Waals surface area contributed by atoms with Gasteiger partial charge in [0.2, 0.25) is 0 Å². The smallest absolute Gasteiger partial charge is 0.317 e. The first-order chi connectivity index (χ1) is 8.25. The molecule has 3 rings (SSSR count). The van der Waals surface area contributed by atoms with Crippen LogP contribution in [0.1, 0.15) is 24.4 Å². The van der Waals surface area contributed by atoms with Crippen LogP contribution < -0.4 is 11.0 Å². The topological polar surface area (TPSA) is 49.8 Å². The molecule has 1 aromatic carbocycles. The van der Waals surface area contributed by atoms with Gasteiger partial charge in [-0.3, -0.25) is 4.57 Å². The zero-order chi connectivity index (χ0) is 11.8. The third-order valence-corrected chi connectivity index (χ3v) is 3.55. The third-order valence-electron chi connectivity index (χ3n) is 3.55. The van der Waals surface area contributed by atoms with Gasteiger partial charge in [-0.15, -0.1) is 0 Å². The first kappa shape index (κ1) is 10.6. The number of hydrogen-bond acceptors (Lipinski definition) is 2. The van der Waals surface area contributed by atoms with Crippen LogP contribution in [-0.2, 0) is 0 Å². The summed E-state index contributed by atoms with van der Waals surface area (Å²) < 4.78 is 1.93. The molecule has 0 unspecified atom stereocenters. The Hall–Kier alpha value is -1.55. The Morgan fingerprint density at radius 2 is 2.06 bits per heavy atom. The van der Waals surface area contributed by atoms with Crippen molar-refractivity contribution in [2.45, 2.75) is 25.8 Å². The van der Waals surface area contributed by atoms with Gasteiger partial charge < -0.3 is 10.3 Å². The zero-order valence-electron chi connectivity index (χ0n) is 9.99. The van der Waals surface area contributed by atoms with Crippen molar-refractivity contribution in [3.05, 3.63) is 34.2 Å². The molecule has 4 nitrogen and oxygen atoms in total. The number of benzene rings is 1. The van der Waals surface area contributed by atoms with Gasteiger partial charge in [0.25, 0.3) is 0 Å². The summed E-state index contributed by atoms with van der Waals surface area (Å²) in [5.74, 6) is 0. The molecule has 1 aromatic heterocycles. The van der Waals surface area contributed by atoms with Crippen molar-refractivity contribution in [2.24, 2.45) is 0 Å². The van der Waals surface area contributed by atoms with Gasteiger partial charge in [-0.1, -0.05) is 6.07 Å². The molecule has 1 aliphatic heterocycles. The number of nitrogens with zero attached hydrogens (tertiary/aromatic N) is 1. The number of imidazole rings is 1. The van der Waals surface area contributed by atoms with Crippen LogP contribution in [0.5, 0.6) is 0 Å². The van der Waals surface area contributed by atoms with E-state index in [2.05, 4.69) is 23.3 Å². The van der Waals surface area contributed by atoms with Gasteiger partial charge in [0.05, 0.1) is 11.0 Å². The highest BCUT2D eigenvalue weighted by molar-refractivity contribution is 5.76. The number of piperidine rings is 1. The maximum atomic E-state index is 12.0. The molecule has 0 bridgehead atoms. The Balaban J connectivity index is 2.16. The summed E-state index contributed by atoms with van der Waals surface area (Å²) in [7, 11) is 0. The Bertz CT molecular complexity index is 590. The third kappa shape index (κ3) is 1.78. The summed E-state index contributed by atoms with van der Waals surface area (Å²) in [5, 5.41) is 3.33. The maximum Gasteiger partial charge on any atom is 0.326 e. The molecule has 4 heteroatoms. The van der Waals surface area contributed by atoms with E-state index >= 15 is 0 Å². The van der Waals surface area contributed by atoms with Crippen LogP contribution in [0.25, 0.3) is 11.0 Å². The molecule has 2 heterocycles. The zero-order valence-corrected chi connectivity index (χ0v) is 9.99. The minimum Gasteiger partial charge on any atom is -0.317 e. The fourth-order valence-corrected chi connectivity index (χ4v) is 2.66. The second-order valence-electron chi connectivity index (χ2n) is 4.80. The molecule has 1 aliphatic rings. The lowest BCUT2D eigenvalue weighted by molar-refractivity contribution is 0.368. The first-order valence-electron chi connectivity index (χ1n) is 6.17. The highest BCUT2D eigenvalue weighted by atomic mass is 16.1. The van der Waals surface area contributed by atoms with Crippen molar-refractivity contribution < 1.29 is 0 Å². The van der Waals surface area contributed by atoms with E-state index in [0.717, 1.165) is 37.0 Å². The number of H-pyrrole nitrogens is 1. The largest absolute Gasteiger partial charge is 0.326 e. The average molecular weight is 231 g/mol. The lowest BCUT2D eigenvalue weighted by Crippen LogP contribution is -2.33. The van der Waals surface area contributed by atoms with Gasteiger partial charge in [0.15, 0.2) is 0 Å². The van der Waals surface area contributed by atoms with Crippen LogP contribution in [-0.4, -0.2) is 22.6 Å². The molecule has 90 valence electrons. The second-order valence-corrected chi connectivity index (χ2v) is 4.80. The summed E-state index contributed by atoms with van der Waals surface area (Å²) >= 11 is 0. The maximum absolute atomic E-state index is 12.0. The average Bonchev–Trinajstić information content (AvgIpc) is 2.65. The molecule has 0 aliphatic carbocycles. The number of nitrogens with one attached hydrogen (secondary N) is 2. The van der Waals surface area contributed by atoms with Gasteiger partial charge in [0, 0.05) is 6.04 Å². The van der Waals surface area contributed by atoms with E-state index in [1.807, 2.05) is 16.7 Å². The summed E-state index contributed by atoms with van der Waals surface area (Å²) in [5.41, 5.74) is 3.21. The van der Waals surface area contributed by atoms with E-state index in [4.69, 9.17) is 0 Å². The van der Waals surface area contributed by atoms with E-state index in [-0.39, 0.29) is 5.69 Å². The van der Waals surface area contributed by atoms with Crippen molar-refractivity contribution in [1.82, 2.24) is 14.9 Å². The van der Waals surface area contributed by atoms with Gasteiger partial charge in [-0.2, -0.15) is 0 Å². The van der Waals surface area contributed by atoms with E-state index in [1.54, 1.807) is 0 Å². The van der Waals surface area contributed by atoms with Crippen molar-refractivity contribution in [3.63, 3.8) is 0 Å². The summed E-state index contributed by atoms with van der Waals surface area (Å²) in [6.45, 7) is 4.05. The molecular formula is C13H17N3O. The predicted octanol–water partition coefficient (Wildman–Crippen LogP) is 1.56. The second kappa shape index (κ2) is 4.04. The molecule has 2 aromatic rings. The minimum atomic E-state index is 0.0255. The van der Waals surface area contributed by atoms with E-state index in [0.29, 0.717) is 6.04 Å². The van der Waals surface area contributed by atoms with E-state index in [9.17, 15) is 4.79 Å². The Labute approximate surface area is 99.6 Å². The molecule has 0 spiro atoms. The predicted molar refractivity (Wildman–Crippen MR) is 68.4 cm³/mol. The molecule has 1 saturated heterocycles. The molecular weight excluding hydrogens is 214 g/mol. The van der Waals surface area contributed by atoms with Crippen molar-refractivity contribution in [1.29, 1.82) is 0 Å². The van der Waals surface area contributed by atoms with Gasteiger partial charge >= 0.3 is 5.69 Å². The molecule has 17 heavy (non-hydrogen) atoms. The van der Waals surface area contributed by atoms with E-state index < -0.39 is 0 Å². The summed E-state index contributed by atoms with van der Waals surface area (Å²) in [6.07, 6.45) is 2.06. The highest BCUT2D eigenvalue weighted by Crippen LogP contribution is 2.22.